The van der Waals surface area contributed by atoms with Crippen LogP contribution >= 0.6 is 11.6 Å². The minimum atomic E-state index is -2.01. The molecule has 4 amide bonds. The Kier molecular flexibility index (Phi) is 5.72. The fraction of sp³-hybridized carbons (Fsp3) is 0.348. The topological polar surface area (TPSA) is 120 Å². The highest BCUT2D eigenvalue weighted by molar-refractivity contribution is 6.32. The number of likely N-dealkylation sites (N-methyl/N-ethyl adjacent to an activating group) is 1. The van der Waals surface area contributed by atoms with Crippen LogP contribution < -0.4 is 9.64 Å². The standard InChI is InChI=1S/C23H23ClN4O6/c1-12-10-25-16(13(2)19(12)34-4)7-8-27-20(31)23(26(3)22(27)33)15-9-14(24)5-6-17(15)28(21(23)32)11-18(29)30/h5-6,9-10H,7-8,11H2,1-4H3,(H,29,30)/t23-/m0/s1. The SMILES string of the molecule is COc1c(C)cnc(CCN2C(=O)N(C)[C@@]3(C2=O)C(=O)N(CC(=O)O)c2ccc(Cl)cc23)c1C. The number of ether oxygens (including phenoxy) is 1. The highest BCUT2D eigenvalue weighted by Crippen LogP contribution is 2.48. The smallest absolute Gasteiger partial charge is 0.328 e. The molecule has 1 aromatic heterocycles. The first-order valence-corrected chi connectivity index (χ1v) is 10.9. The van der Waals surface area contributed by atoms with Gasteiger partial charge in [-0.2, -0.15) is 0 Å². The van der Waals surface area contributed by atoms with Gasteiger partial charge in [0.15, 0.2) is 0 Å². The number of halogens is 1. The molecule has 1 aromatic carbocycles. The number of urea groups is 1. The minimum absolute atomic E-state index is 0.0219. The number of aromatic nitrogens is 1. The molecule has 1 N–H and O–H groups in total. The van der Waals surface area contributed by atoms with E-state index in [4.69, 9.17) is 16.3 Å². The fourth-order valence-corrected chi connectivity index (χ4v) is 4.94. The van der Waals surface area contributed by atoms with E-state index >= 15 is 0 Å². The molecule has 0 saturated carbocycles. The van der Waals surface area contributed by atoms with Crippen LogP contribution in [0.5, 0.6) is 5.75 Å². The molecule has 11 heteroatoms. The normalized spacial score (nSPS) is 19.4. The number of imide groups is 1. The summed E-state index contributed by atoms with van der Waals surface area (Å²) in [6.07, 6.45) is 1.91. The molecule has 0 aliphatic carbocycles. The number of hydrogen-bond donors (Lipinski definition) is 1. The number of carboxylic acids is 1. The minimum Gasteiger partial charge on any atom is -0.496 e. The van der Waals surface area contributed by atoms with E-state index in [1.54, 1.807) is 13.3 Å². The van der Waals surface area contributed by atoms with Crippen LogP contribution in [0, 0.1) is 13.8 Å². The zero-order valence-electron chi connectivity index (χ0n) is 19.1. The van der Waals surface area contributed by atoms with Gasteiger partial charge in [0.05, 0.1) is 12.8 Å². The fourth-order valence-electron chi connectivity index (χ4n) is 4.76. The molecule has 10 nitrogen and oxygen atoms in total. The van der Waals surface area contributed by atoms with Gasteiger partial charge in [-0.1, -0.05) is 11.6 Å². The van der Waals surface area contributed by atoms with Crippen molar-refractivity contribution in [3.63, 3.8) is 0 Å². The molecule has 1 saturated heterocycles. The molecule has 1 fully saturated rings. The van der Waals surface area contributed by atoms with Gasteiger partial charge in [0.25, 0.3) is 11.8 Å². The summed E-state index contributed by atoms with van der Waals surface area (Å²) in [5.41, 5.74) is 0.708. The maximum atomic E-state index is 13.7. The summed E-state index contributed by atoms with van der Waals surface area (Å²) >= 11 is 6.16. The van der Waals surface area contributed by atoms with Gasteiger partial charge >= 0.3 is 12.0 Å². The van der Waals surface area contributed by atoms with Gasteiger partial charge < -0.3 is 14.7 Å². The van der Waals surface area contributed by atoms with E-state index in [1.807, 2.05) is 13.8 Å². The third kappa shape index (κ3) is 3.20. The predicted octanol–water partition coefficient (Wildman–Crippen LogP) is 2.12. The first-order chi connectivity index (χ1) is 16.0. The van der Waals surface area contributed by atoms with Crippen LogP contribution in [0.3, 0.4) is 0 Å². The highest BCUT2D eigenvalue weighted by Gasteiger charge is 2.67. The van der Waals surface area contributed by atoms with E-state index < -0.39 is 35.9 Å². The summed E-state index contributed by atoms with van der Waals surface area (Å²) in [5, 5.41) is 9.58. The Balaban J connectivity index is 1.72. The quantitative estimate of drug-likeness (QED) is 0.490. The van der Waals surface area contributed by atoms with Crippen LogP contribution in [0.15, 0.2) is 24.4 Å². The summed E-state index contributed by atoms with van der Waals surface area (Å²) < 4.78 is 5.43. The Morgan fingerprint density at radius 3 is 2.50 bits per heavy atom. The number of rotatable bonds is 6. The zero-order chi connectivity index (χ0) is 24.9. The first kappa shape index (κ1) is 23.5. The number of amides is 4. The molecule has 1 spiro atoms. The van der Waals surface area contributed by atoms with Crippen molar-refractivity contribution in [2.75, 3.05) is 32.1 Å². The summed E-state index contributed by atoms with van der Waals surface area (Å²) in [6, 6.07) is 3.74. The largest absolute Gasteiger partial charge is 0.496 e. The number of carbonyl (C=O) groups is 4. The molecular formula is C23H23ClN4O6. The molecule has 2 aromatic rings. The van der Waals surface area contributed by atoms with Gasteiger partial charge in [-0.15, -0.1) is 0 Å². The number of carbonyl (C=O) groups excluding carboxylic acids is 3. The van der Waals surface area contributed by atoms with Crippen LogP contribution in [-0.4, -0.2) is 71.0 Å². The lowest BCUT2D eigenvalue weighted by atomic mass is 9.90. The van der Waals surface area contributed by atoms with Crippen molar-refractivity contribution in [2.45, 2.75) is 25.8 Å². The molecule has 0 radical (unpaired) electrons. The third-order valence-electron chi connectivity index (χ3n) is 6.38. The number of nitrogens with zero attached hydrogens (tertiary/aromatic N) is 4. The van der Waals surface area contributed by atoms with Crippen LogP contribution in [0.1, 0.15) is 22.4 Å². The van der Waals surface area contributed by atoms with E-state index in [9.17, 15) is 24.3 Å². The lowest BCUT2D eigenvalue weighted by molar-refractivity contribution is -0.143. The van der Waals surface area contributed by atoms with Gasteiger partial charge in [0, 0.05) is 53.6 Å². The van der Waals surface area contributed by atoms with E-state index in [1.165, 1.54) is 25.2 Å². The summed E-state index contributed by atoms with van der Waals surface area (Å²) in [7, 11) is 2.91. The maximum Gasteiger partial charge on any atom is 0.328 e. The van der Waals surface area contributed by atoms with Crippen LogP contribution in [0.4, 0.5) is 10.5 Å². The van der Waals surface area contributed by atoms with Gasteiger partial charge in [0.1, 0.15) is 12.3 Å². The van der Waals surface area contributed by atoms with Crippen LogP contribution in [0.25, 0.3) is 0 Å². The number of aliphatic carboxylic acids is 1. The van der Waals surface area contributed by atoms with Gasteiger partial charge in [-0.3, -0.25) is 29.2 Å². The molecule has 3 heterocycles. The number of pyridine rings is 1. The van der Waals surface area contributed by atoms with Crippen molar-refractivity contribution in [1.29, 1.82) is 0 Å². The lowest BCUT2D eigenvalue weighted by Crippen LogP contribution is -2.53. The Morgan fingerprint density at radius 1 is 1.18 bits per heavy atom. The second-order valence-corrected chi connectivity index (χ2v) is 8.69. The number of carboxylic acid groups (broad SMARTS) is 1. The predicted molar refractivity (Wildman–Crippen MR) is 122 cm³/mol. The molecule has 1 atom stereocenters. The van der Waals surface area contributed by atoms with Crippen molar-refractivity contribution in [3.8, 4) is 5.75 Å². The van der Waals surface area contributed by atoms with Crippen molar-refractivity contribution in [2.24, 2.45) is 0 Å². The van der Waals surface area contributed by atoms with Gasteiger partial charge in [-0.25, -0.2) is 4.79 Å². The second-order valence-electron chi connectivity index (χ2n) is 8.25. The number of aryl methyl sites for hydroxylation is 1. The lowest BCUT2D eigenvalue weighted by Gasteiger charge is -2.27. The van der Waals surface area contributed by atoms with Crippen molar-refractivity contribution in [3.05, 3.63) is 51.8 Å². The number of hydrogen-bond acceptors (Lipinski definition) is 6. The number of anilines is 1. The number of benzene rings is 1. The molecular weight excluding hydrogens is 464 g/mol. The summed E-state index contributed by atoms with van der Waals surface area (Å²) in [6.45, 7) is 3.03. The molecule has 2 aliphatic rings. The van der Waals surface area contributed by atoms with Crippen molar-refractivity contribution >= 4 is 41.1 Å². The van der Waals surface area contributed by atoms with Crippen molar-refractivity contribution < 1.29 is 29.0 Å². The Labute approximate surface area is 200 Å². The van der Waals surface area contributed by atoms with Crippen LogP contribution in [-0.2, 0) is 26.3 Å². The molecule has 0 unspecified atom stereocenters. The number of methoxy groups -OCH3 is 1. The molecule has 178 valence electrons. The van der Waals surface area contributed by atoms with Crippen molar-refractivity contribution in [1.82, 2.24) is 14.8 Å². The third-order valence-corrected chi connectivity index (χ3v) is 6.62. The molecule has 34 heavy (non-hydrogen) atoms. The summed E-state index contributed by atoms with van der Waals surface area (Å²) in [5.74, 6) is -2.13. The molecule has 4 rings (SSSR count). The van der Waals surface area contributed by atoms with E-state index in [-0.39, 0.29) is 29.2 Å². The zero-order valence-corrected chi connectivity index (χ0v) is 19.8. The molecule has 2 aliphatic heterocycles. The van der Waals surface area contributed by atoms with Gasteiger partial charge in [-0.05, 0) is 32.0 Å². The Morgan fingerprint density at radius 2 is 1.85 bits per heavy atom. The monoisotopic (exact) mass is 486 g/mol. The molecule has 0 bridgehead atoms. The summed E-state index contributed by atoms with van der Waals surface area (Å²) in [4.78, 5) is 59.4. The Hall–Kier alpha value is -3.66. The average molecular weight is 487 g/mol. The first-order valence-electron chi connectivity index (χ1n) is 10.5. The number of fused-ring (bicyclic) bond motifs is 2. The van der Waals surface area contributed by atoms with Gasteiger partial charge in [0.2, 0.25) is 5.54 Å². The maximum absolute atomic E-state index is 13.7. The Bertz CT molecular complexity index is 1250. The average Bonchev–Trinajstić information content (AvgIpc) is 3.12. The van der Waals surface area contributed by atoms with E-state index in [2.05, 4.69) is 4.98 Å². The second kappa shape index (κ2) is 8.28. The highest BCUT2D eigenvalue weighted by atomic mass is 35.5. The van der Waals surface area contributed by atoms with E-state index in [0.717, 1.165) is 25.8 Å². The van der Waals surface area contributed by atoms with E-state index in [0.29, 0.717) is 11.4 Å². The van der Waals surface area contributed by atoms with Crippen LogP contribution in [0.2, 0.25) is 5.02 Å².